The molecule has 0 aromatic carbocycles. The van der Waals surface area contributed by atoms with Crippen molar-refractivity contribution in [3.8, 4) is 0 Å². The van der Waals surface area contributed by atoms with Gasteiger partial charge in [0, 0.05) is 52.4 Å². The lowest BCUT2D eigenvalue weighted by Gasteiger charge is -2.19. The average molecular weight is 1690 g/mol. The highest BCUT2D eigenvalue weighted by atomic mass is 16.6. The molecule has 8 amide bonds. The van der Waals surface area contributed by atoms with Gasteiger partial charge in [-0.2, -0.15) is 0 Å². The zero-order chi connectivity index (χ0) is 93.2. The van der Waals surface area contributed by atoms with Gasteiger partial charge in [-0.3, -0.25) is 76.7 Å². The lowest BCUT2D eigenvalue weighted by Crippen LogP contribution is -2.35. The zero-order valence-corrected chi connectivity index (χ0v) is 75.7. The lowest BCUT2D eigenvalue weighted by atomic mass is 10.0. The van der Waals surface area contributed by atoms with Crippen molar-refractivity contribution in [2.45, 2.75) is 201 Å². The van der Waals surface area contributed by atoms with Crippen LogP contribution in [-0.4, -0.2) is 292 Å². The molecule has 1 atom stereocenters. The summed E-state index contributed by atoms with van der Waals surface area (Å²) in [5.74, 6) is -4.27. The number of rotatable bonds is 52. The summed E-state index contributed by atoms with van der Waals surface area (Å²) in [6.07, 6.45) is 20.7. The van der Waals surface area contributed by atoms with Crippen molar-refractivity contribution >= 4 is 95.0 Å². The second-order valence-electron chi connectivity index (χ2n) is 25.6. The summed E-state index contributed by atoms with van der Waals surface area (Å²) in [6.45, 7) is 67.1. The highest BCUT2D eigenvalue weighted by Gasteiger charge is 2.21. The highest BCUT2D eigenvalue weighted by molar-refractivity contribution is 5.94. The molecule has 0 aliphatic heterocycles. The minimum atomic E-state index is -0.424. The van der Waals surface area contributed by atoms with Crippen molar-refractivity contribution in [3.05, 3.63) is 101 Å². The lowest BCUT2D eigenvalue weighted by molar-refractivity contribution is -0.151. The summed E-state index contributed by atoms with van der Waals surface area (Å²) in [7, 11) is 1.29. The topological polar surface area (TPSA) is 373 Å². The molecule has 0 heterocycles. The number of likely N-dealkylation sites (N-methyl/N-ethyl adjacent to an activating group) is 8. The smallest absolute Gasteiger partial charge is 0.325 e. The fourth-order valence-corrected chi connectivity index (χ4v) is 8.47. The third kappa shape index (κ3) is 74.7. The Morgan fingerprint density at radius 3 is 0.765 bits per heavy atom. The van der Waals surface area contributed by atoms with Crippen molar-refractivity contribution in [2.24, 2.45) is 11.8 Å². The van der Waals surface area contributed by atoms with Crippen LogP contribution in [0.1, 0.15) is 195 Å². The minimum Gasteiger partial charge on any atom is -0.468 e. The number of amides is 8. The van der Waals surface area contributed by atoms with Gasteiger partial charge in [-0.1, -0.05) is 146 Å². The number of ether oxygens (including phenoxy) is 8. The maximum absolute atomic E-state index is 11.7. The number of carbonyl (C=O) groups is 16. The van der Waals surface area contributed by atoms with Crippen molar-refractivity contribution in [2.75, 3.05) is 151 Å². The van der Waals surface area contributed by atoms with Gasteiger partial charge in [0.15, 0.2) is 0 Å². The van der Waals surface area contributed by atoms with E-state index in [4.69, 9.17) is 33.2 Å². The first kappa shape index (κ1) is 124. The Labute approximate surface area is 711 Å². The monoisotopic (exact) mass is 1690 g/mol. The van der Waals surface area contributed by atoms with E-state index in [1.165, 1.54) is 94.9 Å². The quantitative estimate of drug-likeness (QED) is 0.0236. The zero-order valence-electron chi connectivity index (χ0n) is 75.7. The van der Waals surface area contributed by atoms with Gasteiger partial charge in [-0.15, -0.1) is 0 Å². The van der Waals surface area contributed by atoms with Crippen LogP contribution in [0.5, 0.6) is 0 Å². The number of esters is 8. The Bertz CT molecular complexity index is 2990. The van der Waals surface area contributed by atoms with Crippen LogP contribution in [0.2, 0.25) is 0 Å². The van der Waals surface area contributed by atoms with Crippen LogP contribution in [0, 0.1) is 11.8 Å². The molecule has 0 radical (unpaired) electrons. The van der Waals surface area contributed by atoms with Crippen molar-refractivity contribution in [1.29, 1.82) is 0 Å². The Morgan fingerprint density at radius 1 is 0.277 bits per heavy atom. The van der Waals surface area contributed by atoms with E-state index in [0.717, 1.165) is 70.6 Å². The number of hydrogen-bond donors (Lipinski definition) is 0. The van der Waals surface area contributed by atoms with E-state index in [-0.39, 0.29) is 142 Å². The van der Waals surface area contributed by atoms with Gasteiger partial charge in [0.1, 0.15) is 52.4 Å². The van der Waals surface area contributed by atoms with Crippen LogP contribution in [0.15, 0.2) is 101 Å². The predicted molar refractivity (Wildman–Crippen MR) is 462 cm³/mol. The van der Waals surface area contributed by atoms with Crippen LogP contribution in [0.3, 0.4) is 0 Å². The predicted octanol–water partition coefficient (Wildman–Crippen LogP) is 10.2. The summed E-state index contributed by atoms with van der Waals surface area (Å²) in [5.41, 5.74) is 0. The molecule has 0 aromatic heterocycles. The molecule has 0 aliphatic rings. The molecule has 0 spiro atoms. The van der Waals surface area contributed by atoms with Crippen molar-refractivity contribution in [3.63, 3.8) is 0 Å². The summed E-state index contributed by atoms with van der Waals surface area (Å²) >= 11 is 0. The van der Waals surface area contributed by atoms with Gasteiger partial charge in [-0.05, 0) is 162 Å². The van der Waals surface area contributed by atoms with E-state index in [1.54, 1.807) is 62.3 Å². The molecule has 0 bridgehead atoms. The summed E-state index contributed by atoms with van der Waals surface area (Å²) in [6, 6.07) is 0. The van der Waals surface area contributed by atoms with E-state index in [2.05, 4.69) is 78.1 Å². The van der Waals surface area contributed by atoms with Gasteiger partial charge < -0.3 is 77.1 Å². The third-order valence-electron chi connectivity index (χ3n) is 15.5. The van der Waals surface area contributed by atoms with E-state index < -0.39 is 11.9 Å². The number of methoxy groups -OCH3 is 1. The van der Waals surface area contributed by atoms with Crippen LogP contribution < -0.4 is 0 Å². The number of hydrogen-bond acceptors (Lipinski definition) is 24. The second-order valence-corrected chi connectivity index (χ2v) is 25.6. The van der Waals surface area contributed by atoms with E-state index in [0.29, 0.717) is 104 Å². The Balaban J connectivity index is -0.000000198. The maximum Gasteiger partial charge on any atom is 0.325 e. The molecule has 0 aliphatic carbocycles. The molecule has 32 heteroatoms. The van der Waals surface area contributed by atoms with Crippen LogP contribution in [-0.2, 0) is 115 Å². The normalized spacial score (nSPS) is 9.82. The SMILES string of the molecule is C=CC(=O)N(CC)CC(=O)OC.C=CC(=O)N(CC)CC(=O)OC(C)C.C=CC(=O)N(CC)CC(=O)OCC.C=CC(=O)N(CC)CC(=O)OCC(C)C.C=CC(=O)N(CC)CC(=O)OCC(CC)CCCC.C=CC(=O)N(CC)CC(=O)OCCC.C=CC(=O)N(CC)CC(=O)OCCCC.C=CC(=O)N(CC)CC(=O)OCCCCCC. The fourth-order valence-electron chi connectivity index (χ4n) is 8.47. The summed E-state index contributed by atoms with van der Waals surface area (Å²) < 4.78 is 39.1. The molecule has 0 aromatic rings. The van der Waals surface area contributed by atoms with E-state index in [9.17, 15) is 76.7 Å². The van der Waals surface area contributed by atoms with Gasteiger partial charge in [-0.25, -0.2) is 0 Å². The summed E-state index contributed by atoms with van der Waals surface area (Å²) in [5, 5.41) is 0. The molecule has 0 rings (SSSR count). The Kier molecular flexibility index (Phi) is 89.0. The molecule has 119 heavy (non-hydrogen) atoms. The maximum atomic E-state index is 11.7. The number of unbranched alkanes of at least 4 members (excludes halogenated alkanes) is 5. The molecule has 0 saturated carbocycles. The molecule has 0 saturated heterocycles. The first-order valence-corrected chi connectivity index (χ1v) is 40.9. The average Bonchev–Trinajstić information content (AvgIpc) is 0.971. The standard InChI is InChI=1S/C15H27NO3.C13H23NO3.2C11H19NO3.2C10H17NO3.C9H15NO3.C8H13NO3/c1-5-9-10-13(6-2)12-19-15(18)11-16(8-4)14(17)7-3;1-4-7-8-9-10-17-13(16)11-14(6-3)12(15)5-2;1-5-10(13)12(6-2)7-11(14)15-8-9(3)4;1-4-7-8-15-11(14)9-12(6-3)10(13)5-2;1-5-9(12)11(6-2)7-10(13)14-8(3)4;1-4-7-14-10(13)8-11(6-3)9(12)5-2;1-4-8(11)10(5-2)7-9(12)13-6-3;1-4-7(10)9(5-2)6-8(11)12-3/h7,13H,3,5-6,8-12H2,1-2,4H3;5H,2,4,6-11H2,1,3H3;5,9H,1,6-8H2,2-4H3;5H,2,4,6-9H2,1,3H3;5,8H,1,6-7H2,2-4H3;5H,2,4,6-8H2,1,3H3;4H,1,5-7H2,2-3H3;4H,1,5-6H2,2-3H3. The molecular weight excluding hydrogens is 1540 g/mol. The van der Waals surface area contributed by atoms with E-state index >= 15 is 0 Å². The largest absolute Gasteiger partial charge is 0.468 e. The number of carbonyl (C=O) groups excluding carboxylic acids is 16. The Hall–Kier alpha value is -10.6. The Morgan fingerprint density at radius 2 is 0.529 bits per heavy atom. The second kappa shape index (κ2) is 85.3. The van der Waals surface area contributed by atoms with Crippen LogP contribution >= 0.6 is 0 Å². The highest BCUT2D eigenvalue weighted by Crippen LogP contribution is 2.13. The third-order valence-corrected chi connectivity index (χ3v) is 15.5. The van der Waals surface area contributed by atoms with Gasteiger partial charge in [0.05, 0.1) is 52.9 Å². The fraction of sp³-hybridized carbons (Fsp3) is 0.632. The molecular formula is C87H150N8O24. The summed E-state index contributed by atoms with van der Waals surface area (Å²) in [4.78, 5) is 190. The molecule has 0 N–H and O–H groups in total. The van der Waals surface area contributed by atoms with Crippen molar-refractivity contribution in [1.82, 2.24) is 39.2 Å². The van der Waals surface area contributed by atoms with Crippen LogP contribution in [0.4, 0.5) is 0 Å². The number of nitrogens with zero attached hydrogens (tertiary/aromatic N) is 8. The van der Waals surface area contributed by atoms with E-state index in [1.807, 2.05) is 41.5 Å². The molecule has 0 fully saturated rings. The molecule has 1 unspecified atom stereocenters. The minimum absolute atomic E-state index is 0.00134. The molecule has 32 nitrogen and oxygen atoms in total. The van der Waals surface area contributed by atoms with Crippen LogP contribution in [0.25, 0.3) is 0 Å². The first-order valence-electron chi connectivity index (χ1n) is 40.9. The van der Waals surface area contributed by atoms with Crippen molar-refractivity contribution < 1.29 is 115 Å². The van der Waals surface area contributed by atoms with Gasteiger partial charge >= 0.3 is 47.8 Å². The van der Waals surface area contributed by atoms with Gasteiger partial charge in [0.2, 0.25) is 47.3 Å². The first-order chi connectivity index (χ1) is 56.3. The van der Waals surface area contributed by atoms with Gasteiger partial charge in [0.25, 0.3) is 0 Å². The molecule has 682 valence electrons.